The topological polar surface area (TPSA) is 71.5 Å². The van der Waals surface area contributed by atoms with Crippen LogP contribution in [-0.4, -0.2) is 80.5 Å². The minimum atomic E-state index is -0.613. The van der Waals surface area contributed by atoms with Crippen molar-refractivity contribution in [2.24, 2.45) is 0 Å². The predicted molar refractivity (Wildman–Crippen MR) is 126 cm³/mol. The van der Waals surface area contributed by atoms with Gasteiger partial charge in [0.25, 0.3) is 0 Å². The largest absolute Gasteiger partial charge is 0.497 e. The molecule has 8 heteroatoms. The summed E-state index contributed by atoms with van der Waals surface area (Å²) in [5.41, 5.74) is 1.17. The lowest BCUT2D eigenvalue weighted by molar-refractivity contribution is -0.136. The maximum Gasteiger partial charge on any atom is 0.237 e. The number of amides is 1. The summed E-state index contributed by atoms with van der Waals surface area (Å²) >= 11 is 1.74. The molecule has 32 heavy (non-hydrogen) atoms. The number of fused-ring (bicyclic) bond motifs is 1. The van der Waals surface area contributed by atoms with Gasteiger partial charge in [0.1, 0.15) is 18.1 Å². The third-order valence-corrected chi connectivity index (χ3v) is 6.61. The highest BCUT2D eigenvalue weighted by molar-refractivity contribution is 7.10. The summed E-state index contributed by atoms with van der Waals surface area (Å²) in [4.78, 5) is 18.6. The Balaban J connectivity index is 1.70. The number of rotatable bonds is 12. The van der Waals surface area contributed by atoms with Crippen LogP contribution in [0.2, 0.25) is 0 Å². The van der Waals surface area contributed by atoms with E-state index in [-0.39, 0.29) is 25.1 Å². The number of aliphatic hydroxyl groups excluding tert-OH is 1. The van der Waals surface area contributed by atoms with Gasteiger partial charge in [-0.2, -0.15) is 0 Å². The number of carbonyl (C=O) groups excluding carboxylic acids is 1. The van der Waals surface area contributed by atoms with E-state index in [0.717, 1.165) is 30.9 Å². The van der Waals surface area contributed by atoms with Gasteiger partial charge in [-0.25, -0.2) is 0 Å². The van der Waals surface area contributed by atoms with Crippen molar-refractivity contribution in [3.05, 3.63) is 46.2 Å². The van der Waals surface area contributed by atoms with E-state index in [4.69, 9.17) is 14.2 Å². The molecule has 1 aromatic carbocycles. The lowest BCUT2D eigenvalue weighted by atomic mass is 10.0. The summed E-state index contributed by atoms with van der Waals surface area (Å²) in [6.07, 6.45) is 1.15. The van der Waals surface area contributed by atoms with Crippen molar-refractivity contribution < 1.29 is 24.1 Å². The maximum atomic E-state index is 13.4. The second kappa shape index (κ2) is 12.2. The second-order valence-corrected chi connectivity index (χ2v) is 8.98. The van der Waals surface area contributed by atoms with Crippen molar-refractivity contribution in [1.82, 2.24) is 9.80 Å². The molecule has 0 bridgehead atoms. The third-order valence-electron chi connectivity index (χ3n) is 5.61. The molecule has 7 nitrogen and oxygen atoms in total. The lowest BCUT2D eigenvalue weighted by Gasteiger charge is -2.37. The summed E-state index contributed by atoms with van der Waals surface area (Å²) in [5.74, 6) is 1.58. The predicted octanol–water partition coefficient (Wildman–Crippen LogP) is 2.98. The molecule has 1 aliphatic rings. The van der Waals surface area contributed by atoms with Crippen molar-refractivity contribution in [1.29, 1.82) is 0 Å². The van der Waals surface area contributed by atoms with Crippen LogP contribution in [0.5, 0.6) is 11.5 Å². The summed E-state index contributed by atoms with van der Waals surface area (Å²) in [6, 6.07) is 9.46. The first kappa shape index (κ1) is 24.5. The smallest absolute Gasteiger partial charge is 0.237 e. The standard InChI is InChI=1S/C24H34N2O5S/c1-4-11-25(14-18(27)16-29-2)15-24(28)26-12-9-23-21(10-13-32-23)22(26)17-31-20-7-5-19(30-3)6-8-20/h5-8,10,13,18,22,27H,4,9,11-12,14-17H2,1-3H3/t18-,22-/m0/s1. The van der Waals surface area contributed by atoms with E-state index in [0.29, 0.717) is 19.7 Å². The highest BCUT2D eigenvalue weighted by Gasteiger charge is 2.33. The fraction of sp³-hybridized carbons (Fsp3) is 0.542. The van der Waals surface area contributed by atoms with Gasteiger partial charge in [-0.05, 0) is 60.7 Å². The number of methoxy groups -OCH3 is 2. The Morgan fingerprint density at radius 2 is 2.00 bits per heavy atom. The van der Waals surface area contributed by atoms with Crippen LogP contribution in [-0.2, 0) is 16.0 Å². The van der Waals surface area contributed by atoms with E-state index in [9.17, 15) is 9.90 Å². The molecule has 0 fully saturated rings. The molecule has 2 heterocycles. The molecular weight excluding hydrogens is 428 g/mol. The fourth-order valence-corrected chi connectivity index (χ4v) is 5.03. The Morgan fingerprint density at radius 3 is 2.69 bits per heavy atom. The Hall–Kier alpha value is -2.13. The van der Waals surface area contributed by atoms with Crippen molar-refractivity contribution in [3.63, 3.8) is 0 Å². The molecule has 0 spiro atoms. The molecule has 0 saturated carbocycles. The molecule has 0 radical (unpaired) electrons. The lowest BCUT2D eigenvalue weighted by Crippen LogP contribution is -2.48. The highest BCUT2D eigenvalue weighted by Crippen LogP contribution is 2.34. The van der Waals surface area contributed by atoms with Gasteiger partial charge in [-0.1, -0.05) is 6.92 Å². The monoisotopic (exact) mass is 462 g/mol. The number of ether oxygens (including phenoxy) is 3. The van der Waals surface area contributed by atoms with E-state index >= 15 is 0 Å². The van der Waals surface area contributed by atoms with Crippen LogP contribution >= 0.6 is 11.3 Å². The van der Waals surface area contributed by atoms with Crippen LogP contribution in [0.1, 0.15) is 29.8 Å². The quantitative estimate of drug-likeness (QED) is 0.523. The third kappa shape index (κ3) is 6.45. The average molecular weight is 463 g/mol. The SMILES string of the molecule is CCCN(CC(=O)N1CCc2sccc2[C@@H]1COc1ccc(OC)cc1)C[C@H](O)COC. The van der Waals surface area contributed by atoms with Crippen LogP contribution < -0.4 is 9.47 Å². The normalized spacial score (nSPS) is 16.7. The van der Waals surface area contributed by atoms with E-state index in [2.05, 4.69) is 18.4 Å². The van der Waals surface area contributed by atoms with Crippen molar-refractivity contribution in [2.45, 2.75) is 31.9 Å². The van der Waals surface area contributed by atoms with E-state index in [1.54, 1.807) is 25.6 Å². The Bertz CT molecular complexity index is 841. The van der Waals surface area contributed by atoms with Crippen LogP contribution in [0.15, 0.2) is 35.7 Å². The first-order chi connectivity index (χ1) is 15.5. The second-order valence-electron chi connectivity index (χ2n) is 7.98. The summed E-state index contributed by atoms with van der Waals surface area (Å²) in [7, 11) is 3.20. The number of nitrogens with zero attached hydrogens (tertiary/aromatic N) is 2. The molecule has 0 aliphatic carbocycles. The van der Waals surface area contributed by atoms with E-state index in [1.165, 1.54) is 10.4 Å². The van der Waals surface area contributed by atoms with Gasteiger partial charge in [0.05, 0.1) is 32.4 Å². The highest BCUT2D eigenvalue weighted by atomic mass is 32.1. The number of carbonyl (C=O) groups is 1. The zero-order chi connectivity index (χ0) is 22.9. The molecule has 176 valence electrons. The zero-order valence-corrected chi connectivity index (χ0v) is 20.0. The van der Waals surface area contributed by atoms with Crippen molar-refractivity contribution in [3.8, 4) is 11.5 Å². The average Bonchev–Trinajstić information content (AvgIpc) is 3.27. The summed E-state index contributed by atoms with van der Waals surface area (Å²) in [6.45, 7) is 4.83. The van der Waals surface area contributed by atoms with Gasteiger partial charge in [0.2, 0.25) is 5.91 Å². The van der Waals surface area contributed by atoms with Gasteiger partial charge in [0.15, 0.2) is 0 Å². The molecule has 2 aromatic rings. The number of aliphatic hydroxyl groups is 1. The van der Waals surface area contributed by atoms with Crippen LogP contribution in [0.4, 0.5) is 0 Å². The van der Waals surface area contributed by atoms with Gasteiger partial charge in [0, 0.05) is 25.1 Å². The van der Waals surface area contributed by atoms with Gasteiger partial charge in [-0.15, -0.1) is 11.3 Å². The fourth-order valence-electron chi connectivity index (χ4n) is 4.10. The summed E-state index contributed by atoms with van der Waals surface area (Å²) in [5, 5.41) is 12.2. The molecular formula is C24H34N2O5S. The number of thiophene rings is 1. The molecule has 1 aromatic heterocycles. The van der Waals surface area contributed by atoms with Crippen molar-refractivity contribution >= 4 is 17.2 Å². The Kier molecular flexibility index (Phi) is 9.35. The van der Waals surface area contributed by atoms with E-state index < -0.39 is 6.10 Å². The maximum absolute atomic E-state index is 13.4. The molecule has 0 saturated heterocycles. The minimum absolute atomic E-state index is 0.0586. The van der Waals surface area contributed by atoms with Crippen LogP contribution in [0, 0.1) is 0 Å². The molecule has 3 rings (SSSR count). The zero-order valence-electron chi connectivity index (χ0n) is 19.2. The molecule has 1 aliphatic heterocycles. The van der Waals surface area contributed by atoms with Gasteiger partial charge >= 0.3 is 0 Å². The number of hydrogen-bond acceptors (Lipinski definition) is 7. The van der Waals surface area contributed by atoms with Gasteiger partial charge in [-0.3, -0.25) is 9.69 Å². The van der Waals surface area contributed by atoms with E-state index in [1.807, 2.05) is 34.1 Å². The number of benzene rings is 1. The molecule has 1 N–H and O–H groups in total. The molecule has 1 amide bonds. The first-order valence-corrected chi connectivity index (χ1v) is 12.0. The molecule has 0 unspecified atom stereocenters. The summed E-state index contributed by atoms with van der Waals surface area (Å²) < 4.78 is 16.3. The van der Waals surface area contributed by atoms with Gasteiger partial charge < -0.3 is 24.2 Å². The molecule has 2 atom stereocenters. The number of hydrogen-bond donors (Lipinski definition) is 1. The van der Waals surface area contributed by atoms with Crippen LogP contribution in [0.25, 0.3) is 0 Å². The minimum Gasteiger partial charge on any atom is -0.497 e. The Morgan fingerprint density at radius 1 is 1.25 bits per heavy atom. The first-order valence-electron chi connectivity index (χ1n) is 11.1. The van der Waals surface area contributed by atoms with Crippen LogP contribution in [0.3, 0.4) is 0 Å². The van der Waals surface area contributed by atoms with Crippen molar-refractivity contribution in [2.75, 3.05) is 53.6 Å². The Labute approximate surface area is 194 Å².